The summed E-state index contributed by atoms with van der Waals surface area (Å²) in [6.07, 6.45) is 0. The van der Waals surface area contributed by atoms with Gasteiger partial charge in [-0.2, -0.15) is 0 Å². The van der Waals surface area contributed by atoms with Gasteiger partial charge in [0.25, 0.3) is 0 Å². The van der Waals surface area contributed by atoms with E-state index in [4.69, 9.17) is 4.74 Å². The van der Waals surface area contributed by atoms with E-state index in [0.29, 0.717) is 5.75 Å². The minimum absolute atomic E-state index is 0.0481. The summed E-state index contributed by atoms with van der Waals surface area (Å²) in [6.45, 7) is 1.55. The lowest BCUT2D eigenvalue weighted by Crippen LogP contribution is -2.22. The Morgan fingerprint density at radius 3 is 1.96 bits per heavy atom. The summed E-state index contributed by atoms with van der Waals surface area (Å²) < 4.78 is 5.85. The number of rotatable bonds is 4. The second-order valence-electron chi connectivity index (χ2n) is 5.10. The first-order chi connectivity index (χ1) is 11.2. The normalized spacial score (nSPS) is 10.1. The summed E-state index contributed by atoms with van der Waals surface area (Å²) in [5.41, 5.74) is 1.61. The summed E-state index contributed by atoms with van der Waals surface area (Å²) in [7, 11) is 0. The van der Waals surface area contributed by atoms with Crippen molar-refractivity contribution in [3.05, 3.63) is 84.9 Å². The van der Waals surface area contributed by atoms with Gasteiger partial charge in [0.15, 0.2) is 0 Å². The zero-order chi connectivity index (χ0) is 16.1. The smallest absolute Gasteiger partial charge is 0.228 e. The van der Waals surface area contributed by atoms with Gasteiger partial charge in [-0.25, -0.2) is 0 Å². The molecule has 3 aromatic rings. The first-order valence-corrected chi connectivity index (χ1v) is 7.43. The summed E-state index contributed by atoms with van der Waals surface area (Å²) in [6, 6.07) is 26.7. The van der Waals surface area contributed by atoms with Crippen LogP contribution in [0.3, 0.4) is 0 Å². The number of ether oxygens (including phenoxy) is 1. The van der Waals surface area contributed by atoms with Crippen LogP contribution in [-0.2, 0) is 4.79 Å². The van der Waals surface area contributed by atoms with E-state index in [-0.39, 0.29) is 5.91 Å². The molecule has 0 N–H and O–H groups in total. The molecule has 23 heavy (non-hydrogen) atoms. The topological polar surface area (TPSA) is 29.5 Å². The average molecular weight is 303 g/mol. The maximum atomic E-state index is 12.1. The highest BCUT2D eigenvalue weighted by Crippen LogP contribution is 2.30. The summed E-state index contributed by atoms with van der Waals surface area (Å²) >= 11 is 0. The van der Waals surface area contributed by atoms with E-state index in [1.165, 1.54) is 0 Å². The summed E-state index contributed by atoms with van der Waals surface area (Å²) in [4.78, 5) is 13.8. The van der Waals surface area contributed by atoms with Gasteiger partial charge in [0.2, 0.25) is 5.91 Å². The molecule has 1 amide bonds. The Morgan fingerprint density at radius 1 is 0.739 bits per heavy atom. The quantitative estimate of drug-likeness (QED) is 0.666. The molecule has 0 unspecified atom stereocenters. The number of para-hydroxylation sites is 2. The fraction of sp³-hybridized carbons (Fsp3) is 0.0500. The molecular formula is C20H17NO2. The van der Waals surface area contributed by atoms with Crippen LogP contribution >= 0.6 is 0 Å². The third-order valence-electron chi connectivity index (χ3n) is 3.38. The molecule has 0 aromatic heterocycles. The van der Waals surface area contributed by atoms with Gasteiger partial charge < -0.3 is 4.74 Å². The number of anilines is 2. The van der Waals surface area contributed by atoms with Gasteiger partial charge in [0.1, 0.15) is 11.5 Å². The number of hydrogen-bond donors (Lipinski definition) is 0. The van der Waals surface area contributed by atoms with Crippen LogP contribution in [0.25, 0.3) is 0 Å². The summed E-state index contributed by atoms with van der Waals surface area (Å²) in [5.74, 6) is 1.41. The van der Waals surface area contributed by atoms with Gasteiger partial charge in [0, 0.05) is 18.7 Å². The van der Waals surface area contributed by atoms with Gasteiger partial charge in [0.05, 0.1) is 5.69 Å². The molecule has 114 valence electrons. The van der Waals surface area contributed by atoms with Crippen LogP contribution in [0, 0.1) is 0 Å². The molecule has 3 aromatic carbocycles. The minimum atomic E-state index is -0.0481. The average Bonchev–Trinajstić information content (AvgIpc) is 2.57. The Morgan fingerprint density at radius 2 is 1.30 bits per heavy atom. The molecule has 0 radical (unpaired) electrons. The number of nitrogens with zero attached hydrogens (tertiary/aromatic N) is 1. The van der Waals surface area contributed by atoms with E-state index in [1.54, 1.807) is 11.8 Å². The first kappa shape index (κ1) is 14.9. The maximum Gasteiger partial charge on any atom is 0.228 e. The Kier molecular flexibility index (Phi) is 4.39. The molecule has 0 heterocycles. The van der Waals surface area contributed by atoms with Crippen molar-refractivity contribution in [2.45, 2.75) is 6.92 Å². The van der Waals surface area contributed by atoms with E-state index in [1.807, 2.05) is 84.9 Å². The van der Waals surface area contributed by atoms with Gasteiger partial charge >= 0.3 is 0 Å². The van der Waals surface area contributed by atoms with Crippen molar-refractivity contribution in [3.63, 3.8) is 0 Å². The summed E-state index contributed by atoms with van der Waals surface area (Å²) in [5, 5.41) is 0. The third-order valence-corrected chi connectivity index (χ3v) is 3.38. The lowest BCUT2D eigenvalue weighted by atomic mass is 10.2. The molecule has 0 bridgehead atoms. The lowest BCUT2D eigenvalue weighted by molar-refractivity contribution is -0.115. The van der Waals surface area contributed by atoms with Crippen LogP contribution in [-0.4, -0.2) is 5.91 Å². The van der Waals surface area contributed by atoms with Crippen molar-refractivity contribution in [1.29, 1.82) is 0 Å². The van der Waals surface area contributed by atoms with Crippen molar-refractivity contribution in [2.24, 2.45) is 0 Å². The Balaban J connectivity index is 1.92. The molecule has 0 fully saturated rings. The van der Waals surface area contributed by atoms with E-state index < -0.39 is 0 Å². The van der Waals surface area contributed by atoms with Gasteiger partial charge in [-0.05, 0) is 36.4 Å². The van der Waals surface area contributed by atoms with Crippen LogP contribution in [0.15, 0.2) is 84.9 Å². The third kappa shape index (κ3) is 3.58. The fourth-order valence-corrected chi connectivity index (χ4v) is 2.40. The second kappa shape index (κ2) is 6.79. The standard InChI is InChI=1S/C20H17NO2/c1-16(22)21(17-9-4-2-5-10-17)18-11-8-14-20(15-18)23-19-12-6-3-7-13-19/h2-15H,1H3. The minimum Gasteiger partial charge on any atom is -0.457 e. The molecule has 0 atom stereocenters. The van der Waals surface area contributed by atoms with E-state index in [9.17, 15) is 4.79 Å². The van der Waals surface area contributed by atoms with Gasteiger partial charge in [-0.1, -0.05) is 42.5 Å². The highest BCUT2D eigenvalue weighted by Gasteiger charge is 2.14. The molecule has 0 spiro atoms. The van der Waals surface area contributed by atoms with E-state index in [0.717, 1.165) is 17.1 Å². The van der Waals surface area contributed by atoms with Crippen molar-refractivity contribution >= 4 is 17.3 Å². The van der Waals surface area contributed by atoms with E-state index in [2.05, 4.69) is 0 Å². The van der Waals surface area contributed by atoms with Crippen LogP contribution in [0.1, 0.15) is 6.92 Å². The molecular weight excluding hydrogens is 286 g/mol. The largest absolute Gasteiger partial charge is 0.457 e. The van der Waals surface area contributed by atoms with Crippen LogP contribution in [0.4, 0.5) is 11.4 Å². The SMILES string of the molecule is CC(=O)N(c1ccccc1)c1cccc(Oc2ccccc2)c1. The van der Waals surface area contributed by atoms with Crippen molar-refractivity contribution in [3.8, 4) is 11.5 Å². The zero-order valence-electron chi connectivity index (χ0n) is 12.8. The number of hydrogen-bond acceptors (Lipinski definition) is 2. The van der Waals surface area contributed by atoms with Crippen LogP contribution in [0.5, 0.6) is 11.5 Å². The van der Waals surface area contributed by atoms with Crippen molar-refractivity contribution < 1.29 is 9.53 Å². The molecule has 0 aliphatic heterocycles. The van der Waals surface area contributed by atoms with Crippen LogP contribution < -0.4 is 9.64 Å². The van der Waals surface area contributed by atoms with Crippen LogP contribution in [0.2, 0.25) is 0 Å². The molecule has 3 rings (SSSR count). The molecule has 3 nitrogen and oxygen atoms in total. The van der Waals surface area contributed by atoms with E-state index >= 15 is 0 Å². The number of carbonyl (C=O) groups excluding carboxylic acids is 1. The predicted molar refractivity (Wildman–Crippen MR) is 92.2 cm³/mol. The number of benzene rings is 3. The fourth-order valence-electron chi connectivity index (χ4n) is 2.40. The molecule has 3 heteroatoms. The van der Waals surface area contributed by atoms with Crippen molar-refractivity contribution in [2.75, 3.05) is 4.90 Å². The zero-order valence-corrected chi connectivity index (χ0v) is 12.8. The lowest BCUT2D eigenvalue weighted by Gasteiger charge is -2.22. The molecule has 0 aliphatic carbocycles. The number of amides is 1. The Labute approximate surface area is 135 Å². The highest BCUT2D eigenvalue weighted by molar-refractivity contribution is 5.99. The number of carbonyl (C=O) groups is 1. The molecule has 0 aliphatic rings. The first-order valence-electron chi connectivity index (χ1n) is 7.43. The predicted octanol–water partition coefficient (Wildman–Crippen LogP) is 5.16. The Hall–Kier alpha value is -3.07. The Bertz CT molecular complexity index is 785. The van der Waals surface area contributed by atoms with Gasteiger partial charge in [-0.15, -0.1) is 0 Å². The van der Waals surface area contributed by atoms with Gasteiger partial charge in [-0.3, -0.25) is 9.69 Å². The molecule has 0 saturated carbocycles. The second-order valence-corrected chi connectivity index (χ2v) is 5.10. The maximum absolute atomic E-state index is 12.1. The highest BCUT2D eigenvalue weighted by atomic mass is 16.5. The monoisotopic (exact) mass is 303 g/mol. The van der Waals surface area contributed by atoms with Crippen molar-refractivity contribution in [1.82, 2.24) is 0 Å². The molecule has 0 saturated heterocycles.